The molecule has 0 aliphatic carbocycles. The topological polar surface area (TPSA) is 20.3 Å². The van der Waals surface area contributed by atoms with Crippen LogP contribution in [0.2, 0.25) is 0 Å². The molecule has 0 heterocycles. The maximum Gasteiger partial charge on any atom is 0.238 e. The van der Waals surface area contributed by atoms with E-state index in [1.807, 2.05) is 13.8 Å². The van der Waals surface area contributed by atoms with Gasteiger partial charge in [0, 0.05) is 13.1 Å². The van der Waals surface area contributed by atoms with Crippen LogP contribution in [0.5, 0.6) is 0 Å². The average molecular weight is 202 g/mol. The fraction of sp³-hybridized carbons (Fsp3) is 0.500. The molecule has 0 rings (SSSR count). The molecular formula is C10H16ClNO. The molecule has 0 aromatic rings. The third-order valence-electron chi connectivity index (χ3n) is 1.39. The Labute approximate surface area is 84.9 Å². The molecule has 0 aromatic carbocycles. The van der Waals surface area contributed by atoms with E-state index >= 15 is 0 Å². The van der Waals surface area contributed by atoms with Crippen molar-refractivity contribution in [2.45, 2.75) is 13.8 Å². The molecule has 0 radical (unpaired) electrons. The fourth-order valence-corrected chi connectivity index (χ4v) is 1.14. The number of carbonyl (C=O) groups excluding carboxylic acids is 1. The van der Waals surface area contributed by atoms with Gasteiger partial charge in [0.25, 0.3) is 0 Å². The first-order chi connectivity index (χ1) is 5.97. The summed E-state index contributed by atoms with van der Waals surface area (Å²) in [5.41, 5.74) is 1.89. The lowest BCUT2D eigenvalue weighted by Crippen LogP contribution is -2.34. The second-order valence-electron chi connectivity index (χ2n) is 3.30. The van der Waals surface area contributed by atoms with E-state index in [1.54, 1.807) is 4.90 Å². The van der Waals surface area contributed by atoms with Gasteiger partial charge < -0.3 is 4.90 Å². The van der Waals surface area contributed by atoms with Crippen LogP contribution in [0.1, 0.15) is 13.8 Å². The van der Waals surface area contributed by atoms with Crippen LogP contribution in [0, 0.1) is 0 Å². The van der Waals surface area contributed by atoms with E-state index in [0.29, 0.717) is 13.1 Å². The van der Waals surface area contributed by atoms with Gasteiger partial charge in [-0.1, -0.05) is 24.3 Å². The molecule has 74 valence electrons. The van der Waals surface area contributed by atoms with Gasteiger partial charge in [0.05, 0.1) is 0 Å². The van der Waals surface area contributed by atoms with E-state index in [0.717, 1.165) is 11.1 Å². The molecule has 0 aliphatic rings. The second kappa shape index (κ2) is 5.81. The highest BCUT2D eigenvalue weighted by atomic mass is 35.5. The Hall–Kier alpha value is -0.760. The van der Waals surface area contributed by atoms with Gasteiger partial charge in [0.15, 0.2) is 0 Å². The Morgan fingerprint density at radius 1 is 1.23 bits per heavy atom. The molecule has 2 nitrogen and oxygen atoms in total. The van der Waals surface area contributed by atoms with Gasteiger partial charge in [-0.2, -0.15) is 0 Å². The van der Waals surface area contributed by atoms with E-state index in [4.69, 9.17) is 11.6 Å². The van der Waals surface area contributed by atoms with Crippen LogP contribution in [0.25, 0.3) is 0 Å². The Kier molecular flexibility index (Phi) is 5.47. The van der Waals surface area contributed by atoms with E-state index < -0.39 is 0 Å². The normalized spacial score (nSPS) is 9.46. The Morgan fingerprint density at radius 3 is 1.85 bits per heavy atom. The van der Waals surface area contributed by atoms with Gasteiger partial charge in [0.1, 0.15) is 5.88 Å². The van der Waals surface area contributed by atoms with Crippen molar-refractivity contribution in [3.8, 4) is 0 Å². The monoisotopic (exact) mass is 201 g/mol. The number of carbonyl (C=O) groups is 1. The SMILES string of the molecule is C=C(C)CN(CC(=C)C)C(=O)CCl. The van der Waals surface area contributed by atoms with Crippen LogP contribution in [-0.2, 0) is 4.79 Å². The third-order valence-corrected chi connectivity index (χ3v) is 1.62. The number of alkyl halides is 1. The number of amides is 1. The summed E-state index contributed by atoms with van der Waals surface area (Å²) < 4.78 is 0. The highest BCUT2D eigenvalue weighted by Gasteiger charge is 2.11. The van der Waals surface area contributed by atoms with Crippen molar-refractivity contribution in [3.63, 3.8) is 0 Å². The smallest absolute Gasteiger partial charge is 0.238 e. The molecule has 0 fully saturated rings. The lowest BCUT2D eigenvalue weighted by Gasteiger charge is -2.21. The Morgan fingerprint density at radius 2 is 1.62 bits per heavy atom. The highest BCUT2D eigenvalue weighted by molar-refractivity contribution is 6.27. The summed E-state index contributed by atoms with van der Waals surface area (Å²) in [6.45, 7) is 12.4. The number of rotatable bonds is 5. The van der Waals surface area contributed by atoms with Gasteiger partial charge in [-0.25, -0.2) is 0 Å². The fourth-order valence-electron chi connectivity index (χ4n) is 0.968. The predicted molar refractivity (Wildman–Crippen MR) is 56.9 cm³/mol. The maximum atomic E-state index is 11.3. The molecule has 3 heteroatoms. The summed E-state index contributed by atoms with van der Waals surface area (Å²) in [5.74, 6) is -0.0618. The summed E-state index contributed by atoms with van der Waals surface area (Å²) in [5, 5.41) is 0. The number of halogens is 1. The number of nitrogens with zero attached hydrogens (tertiary/aromatic N) is 1. The van der Waals surface area contributed by atoms with Crippen LogP contribution in [-0.4, -0.2) is 29.8 Å². The summed E-state index contributed by atoms with van der Waals surface area (Å²) in [4.78, 5) is 12.9. The van der Waals surface area contributed by atoms with E-state index in [9.17, 15) is 4.79 Å². The van der Waals surface area contributed by atoms with Crippen molar-refractivity contribution in [2.75, 3.05) is 19.0 Å². The molecule has 1 amide bonds. The molecule has 0 aromatic heterocycles. The molecule has 0 bridgehead atoms. The molecule has 0 unspecified atom stereocenters. The minimum absolute atomic E-state index is 0.0144. The van der Waals surface area contributed by atoms with E-state index in [2.05, 4.69) is 13.2 Å². The van der Waals surface area contributed by atoms with Gasteiger partial charge in [-0.05, 0) is 13.8 Å². The van der Waals surface area contributed by atoms with Crippen LogP contribution in [0.3, 0.4) is 0 Å². The number of hydrogen-bond acceptors (Lipinski definition) is 1. The van der Waals surface area contributed by atoms with E-state index in [-0.39, 0.29) is 11.8 Å². The lowest BCUT2D eigenvalue weighted by atomic mass is 10.2. The van der Waals surface area contributed by atoms with Crippen molar-refractivity contribution in [2.24, 2.45) is 0 Å². The molecule has 0 saturated heterocycles. The van der Waals surface area contributed by atoms with Crippen LogP contribution in [0.4, 0.5) is 0 Å². The van der Waals surface area contributed by atoms with E-state index in [1.165, 1.54) is 0 Å². The Bertz CT molecular complexity index is 207. The molecule has 0 spiro atoms. The largest absolute Gasteiger partial charge is 0.334 e. The third kappa shape index (κ3) is 5.47. The van der Waals surface area contributed by atoms with Gasteiger partial charge >= 0.3 is 0 Å². The first kappa shape index (κ1) is 12.2. The quantitative estimate of drug-likeness (QED) is 0.494. The first-order valence-corrected chi connectivity index (χ1v) is 4.63. The summed E-state index contributed by atoms with van der Waals surface area (Å²) >= 11 is 5.46. The minimum atomic E-state index is -0.0762. The zero-order valence-corrected chi connectivity index (χ0v) is 9.02. The predicted octanol–water partition coefficient (Wildman–Crippen LogP) is 2.21. The maximum absolute atomic E-state index is 11.3. The van der Waals surface area contributed by atoms with Crippen LogP contribution < -0.4 is 0 Å². The lowest BCUT2D eigenvalue weighted by molar-refractivity contribution is -0.127. The summed E-state index contributed by atoms with van der Waals surface area (Å²) in [7, 11) is 0. The van der Waals surface area contributed by atoms with Crippen molar-refractivity contribution in [3.05, 3.63) is 24.3 Å². The summed E-state index contributed by atoms with van der Waals surface area (Å²) in [6, 6.07) is 0. The zero-order valence-electron chi connectivity index (χ0n) is 8.27. The average Bonchev–Trinajstić information content (AvgIpc) is 2.00. The molecule has 0 atom stereocenters. The van der Waals surface area contributed by atoms with Gasteiger partial charge in [-0.3, -0.25) is 4.79 Å². The van der Waals surface area contributed by atoms with Gasteiger partial charge in [-0.15, -0.1) is 11.6 Å². The molecule has 13 heavy (non-hydrogen) atoms. The van der Waals surface area contributed by atoms with Crippen molar-refractivity contribution < 1.29 is 4.79 Å². The van der Waals surface area contributed by atoms with Crippen molar-refractivity contribution in [1.82, 2.24) is 4.90 Å². The molecule has 0 aliphatic heterocycles. The standard InChI is InChI=1S/C10H16ClNO/c1-8(2)6-12(7-9(3)4)10(13)5-11/h1,3,5-7H2,2,4H3. The van der Waals surface area contributed by atoms with Crippen molar-refractivity contribution in [1.29, 1.82) is 0 Å². The second-order valence-corrected chi connectivity index (χ2v) is 3.56. The summed E-state index contributed by atoms with van der Waals surface area (Å²) in [6.07, 6.45) is 0. The zero-order chi connectivity index (χ0) is 10.4. The number of hydrogen-bond donors (Lipinski definition) is 0. The minimum Gasteiger partial charge on any atom is -0.334 e. The Balaban J connectivity index is 4.26. The van der Waals surface area contributed by atoms with Gasteiger partial charge in [0.2, 0.25) is 5.91 Å². The van der Waals surface area contributed by atoms with Crippen molar-refractivity contribution >= 4 is 17.5 Å². The van der Waals surface area contributed by atoms with Crippen LogP contribution in [0.15, 0.2) is 24.3 Å². The molecule has 0 N–H and O–H groups in total. The van der Waals surface area contributed by atoms with Crippen LogP contribution >= 0.6 is 11.6 Å². The molecule has 0 saturated carbocycles. The first-order valence-electron chi connectivity index (χ1n) is 4.10. The molecular weight excluding hydrogens is 186 g/mol. The highest BCUT2D eigenvalue weighted by Crippen LogP contribution is 2.02.